The average Bonchev–Trinajstić information content (AvgIpc) is 2.32. The number of nitrogens with zero attached hydrogens (tertiary/aromatic N) is 2. The van der Waals surface area contributed by atoms with E-state index in [4.69, 9.17) is 0 Å². The fourth-order valence-electron chi connectivity index (χ4n) is 2.32. The van der Waals surface area contributed by atoms with Gasteiger partial charge in [-0.05, 0) is 19.8 Å². The fourth-order valence-corrected chi connectivity index (χ4v) is 2.32. The van der Waals surface area contributed by atoms with Gasteiger partial charge in [-0.2, -0.15) is 0 Å². The second-order valence-electron chi connectivity index (χ2n) is 4.47. The number of carboxylic acids is 1. The van der Waals surface area contributed by atoms with Crippen molar-refractivity contribution in [2.45, 2.75) is 38.6 Å². The lowest BCUT2D eigenvalue weighted by Gasteiger charge is -2.29. The Bertz CT molecular complexity index is 408. The third kappa shape index (κ3) is 2.72. The number of aliphatic carboxylic acids is 1. The molecule has 92 valence electrons. The zero-order valence-corrected chi connectivity index (χ0v) is 9.89. The van der Waals surface area contributed by atoms with E-state index in [2.05, 4.69) is 15.3 Å². The Morgan fingerprint density at radius 1 is 1.35 bits per heavy atom. The van der Waals surface area contributed by atoms with Crippen LogP contribution < -0.4 is 5.32 Å². The van der Waals surface area contributed by atoms with Crippen molar-refractivity contribution < 1.29 is 9.90 Å². The molecule has 1 aromatic heterocycles. The molecule has 2 atom stereocenters. The van der Waals surface area contributed by atoms with Gasteiger partial charge in [0.1, 0.15) is 5.82 Å². The van der Waals surface area contributed by atoms with Crippen LogP contribution in [0.1, 0.15) is 31.4 Å². The summed E-state index contributed by atoms with van der Waals surface area (Å²) in [6.07, 6.45) is 6.94. The van der Waals surface area contributed by atoms with Crippen molar-refractivity contribution in [2.24, 2.45) is 5.92 Å². The molecule has 1 aliphatic rings. The monoisotopic (exact) mass is 235 g/mol. The number of aromatic nitrogens is 2. The van der Waals surface area contributed by atoms with Crippen LogP contribution in [0.3, 0.4) is 0 Å². The van der Waals surface area contributed by atoms with Crippen LogP contribution in [0.25, 0.3) is 0 Å². The highest BCUT2D eigenvalue weighted by molar-refractivity contribution is 5.71. The zero-order chi connectivity index (χ0) is 12.3. The van der Waals surface area contributed by atoms with Gasteiger partial charge in [-0.3, -0.25) is 9.78 Å². The van der Waals surface area contributed by atoms with Gasteiger partial charge in [-0.25, -0.2) is 4.98 Å². The van der Waals surface area contributed by atoms with Gasteiger partial charge in [-0.1, -0.05) is 12.8 Å². The van der Waals surface area contributed by atoms with E-state index in [0.29, 0.717) is 5.82 Å². The number of nitrogens with one attached hydrogen (secondary N) is 1. The largest absolute Gasteiger partial charge is 0.481 e. The normalized spacial score (nSPS) is 24.3. The number of anilines is 1. The maximum atomic E-state index is 11.2. The summed E-state index contributed by atoms with van der Waals surface area (Å²) >= 11 is 0. The van der Waals surface area contributed by atoms with E-state index >= 15 is 0 Å². The average molecular weight is 235 g/mol. The van der Waals surface area contributed by atoms with Crippen LogP contribution in [0.15, 0.2) is 12.4 Å². The predicted molar refractivity (Wildman–Crippen MR) is 63.8 cm³/mol. The number of hydrogen-bond acceptors (Lipinski definition) is 4. The van der Waals surface area contributed by atoms with Gasteiger partial charge in [0.15, 0.2) is 0 Å². The molecule has 0 saturated heterocycles. The molecule has 0 spiro atoms. The van der Waals surface area contributed by atoms with Crippen molar-refractivity contribution in [2.75, 3.05) is 5.32 Å². The Morgan fingerprint density at radius 2 is 2.06 bits per heavy atom. The molecule has 0 amide bonds. The lowest BCUT2D eigenvalue weighted by Crippen LogP contribution is -2.37. The third-order valence-electron chi connectivity index (χ3n) is 3.29. The first-order chi connectivity index (χ1) is 8.18. The van der Waals surface area contributed by atoms with Crippen molar-refractivity contribution in [3.05, 3.63) is 18.1 Å². The number of rotatable bonds is 3. The van der Waals surface area contributed by atoms with Gasteiger partial charge >= 0.3 is 5.97 Å². The van der Waals surface area contributed by atoms with Crippen LogP contribution in [-0.4, -0.2) is 27.1 Å². The van der Waals surface area contributed by atoms with E-state index in [-0.39, 0.29) is 12.0 Å². The Kier molecular flexibility index (Phi) is 3.56. The van der Waals surface area contributed by atoms with Gasteiger partial charge in [0.2, 0.25) is 0 Å². The van der Waals surface area contributed by atoms with Gasteiger partial charge < -0.3 is 10.4 Å². The minimum Gasteiger partial charge on any atom is -0.481 e. The summed E-state index contributed by atoms with van der Waals surface area (Å²) in [6.45, 7) is 1.87. The molecule has 0 aromatic carbocycles. The molecule has 2 unspecified atom stereocenters. The second kappa shape index (κ2) is 5.12. The zero-order valence-electron chi connectivity index (χ0n) is 9.89. The molecule has 1 saturated carbocycles. The van der Waals surface area contributed by atoms with Gasteiger partial charge in [0.25, 0.3) is 0 Å². The Morgan fingerprint density at radius 3 is 2.76 bits per heavy atom. The van der Waals surface area contributed by atoms with Gasteiger partial charge in [0.05, 0.1) is 11.6 Å². The Balaban J connectivity index is 2.11. The molecule has 5 nitrogen and oxygen atoms in total. The standard InChI is InChI=1S/C12H17N3O2/c1-8-11(14-7-6-13-8)15-10-5-3-2-4-9(10)12(16)17/h6-7,9-10H,2-5H2,1H3,(H,14,15)(H,16,17). The minimum absolute atomic E-state index is 0.0309. The summed E-state index contributed by atoms with van der Waals surface area (Å²) in [5, 5.41) is 12.4. The Labute approximate surface area is 100 Å². The molecule has 0 aliphatic heterocycles. The van der Waals surface area contributed by atoms with E-state index in [9.17, 15) is 9.90 Å². The molecule has 1 heterocycles. The van der Waals surface area contributed by atoms with E-state index in [0.717, 1.165) is 31.4 Å². The lowest BCUT2D eigenvalue weighted by atomic mass is 9.84. The highest BCUT2D eigenvalue weighted by Gasteiger charge is 2.31. The van der Waals surface area contributed by atoms with Crippen LogP contribution >= 0.6 is 0 Å². The first-order valence-corrected chi connectivity index (χ1v) is 5.95. The SMILES string of the molecule is Cc1nccnc1NC1CCCCC1C(=O)O. The first kappa shape index (κ1) is 11.8. The lowest BCUT2D eigenvalue weighted by molar-refractivity contribution is -0.143. The molecule has 5 heteroatoms. The first-order valence-electron chi connectivity index (χ1n) is 5.95. The molecule has 0 radical (unpaired) electrons. The summed E-state index contributed by atoms with van der Waals surface area (Å²) in [5.41, 5.74) is 0.808. The molecule has 2 rings (SSSR count). The van der Waals surface area contributed by atoms with E-state index in [1.807, 2.05) is 6.92 Å². The molecular formula is C12H17N3O2. The number of carboxylic acid groups (broad SMARTS) is 1. The van der Waals surface area contributed by atoms with E-state index in [1.165, 1.54) is 0 Å². The quantitative estimate of drug-likeness (QED) is 0.836. The minimum atomic E-state index is -0.719. The summed E-state index contributed by atoms with van der Waals surface area (Å²) in [5.74, 6) is -0.334. The van der Waals surface area contributed by atoms with Crippen LogP contribution in [0.2, 0.25) is 0 Å². The summed E-state index contributed by atoms with van der Waals surface area (Å²) in [7, 11) is 0. The van der Waals surface area contributed by atoms with Crippen molar-refractivity contribution in [3.63, 3.8) is 0 Å². The molecular weight excluding hydrogens is 218 g/mol. The second-order valence-corrected chi connectivity index (χ2v) is 4.47. The van der Waals surface area contributed by atoms with E-state index < -0.39 is 5.97 Å². The summed E-state index contributed by atoms with van der Waals surface area (Å²) in [4.78, 5) is 19.5. The highest BCUT2D eigenvalue weighted by atomic mass is 16.4. The predicted octanol–water partition coefficient (Wildman–Crippen LogP) is 1.84. The maximum absolute atomic E-state index is 11.2. The topological polar surface area (TPSA) is 75.1 Å². The van der Waals surface area contributed by atoms with Crippen molar-refractivity contribution in [3.8, 4) is 0 Å². The highest BCUT2D eigenvalue weighted by Crippen LogP contribution is 2.27. The molecule has 17 heavy (non-hydrogen) atoms. The summed E-state index contributed by atoms with van der Waals surface area (Å²) < 4.78 is 0. The summed E-state index contributed by atoms with van der Waals surface area (Å²) in [6, 6.07) is -0.0309. The van der Waals surface area contributed by atoms with Crippen LogP contribution in [0.5, 0.6) is 0 Å². The fraction of sp³-hybridized carbons (Fsp3) is 0.583. The van der Waals surface area contributed by atoms with Gasteiger partial charge in [-0.15, -0.1) is 0 Å². The number of aryl methyl sites for hydroxylation is 1. The van der Waals surface area contributed by atoms with Crippen molar-refractivity contribution in [1.29, 1.82) is 0 Å². The molecule has 0 bridgehead atoms. The van der Waals surface area contributed by atoms with Crippen molar-refractivity contribution >= 4 is 11.8 Å². The van der Waals surface area contributed by atoms with Crippen molar-refractivity contribution in [1.82, 2.24) is 9.97 Å². The number of carbonyl (C=O) groups is 1. The third-order valence-corrected chi connectivity index (χ3v) is 3.29. The smallest absolute Gasteiger partial charge is 0.308 e. The maximum Gasteiger partial charge on any atom is 0.308 e. The van der Waals surface area contributed by atoms with Crippen LogP contribution in [0.4, 0.5) is 5.82 Å². The Hall–Kier alpha value is -1.65. The number of hydrogen-bond donors (Lipinski definition) is 2. The van der Waals surface area contributed by atoms with Crippen LogP contribution in [-0.2, 0) is 4.79 Å². The molecule has 1 aromatic rings. The molecule has 1 fully saturated rings. The van der Waals surface area contributed by atoms with E-state index in [1.54, 1.807) is 12.4 Å². The molecule has 1 aliphatic carbocycles. The van der Waals surface area contributed by atoms with Gasteiger partial charge in [0, 0.05) is 18.4 Å². The molecule has 2 N–H and O–H groups in total. The van der Waals surface area contributed by atoms with Crippen LogP contribution in [0, 0.1) is 12.8 Å².